The maximum absolute atomic E-state index is 5.60. The number of pyridine rings is 1. The van der Waals surface area contributed by atoms with E-state index in [2.05, 4.69) is 20.4 Å². The number of ether oxygens (including phenoxy) is 1. The summed E-state index contributed by atoms with van der Waals surface area (Å²) >= 11 is 1.61. The van der Waals surface area contributed by atoms with Gasteiger partial charge in [-0.25, -0.2) is 19.6 Å². The molecule has 0 radical (unpaired) electrons. The second-order valence-corrected chi connectivity index (χ2v) is 10.4. The van der Waals surface area contributed by atoms with Gasteiger partial charge in [-0.1, -0.05) is 19.3 Å². The Morgan fingerprint density at radius 2 is 1.89 bits per heavy atom. The predicted octanol–water partition coefficient (Wildman–Crippen LogP) is 6.03. The monoisotopic (exact) mass is 489 g/mol. The van der Waals surface area contributed by atoms with Crippen LogP contribution in [0.2, 0.25) is 0 Å². The van der Waals surface area contributed by atoms with Crippen LogP contribution in [0.5, 0.6) is 5.88 Å². The number of aryl methyl sites for hydroxylation is 2. The van der Waals surface area contributed by atoms with Gasteiger partial charge < -0.3 is 14.6 Å². The smallest absolute Gasteiger partial charge is 0.238 e. The Balaban J connectivity index is 1.29. The zero-order valence-corrected chi connectivity index (χ0v) is 21.1. The van der Waals surface area contributed by atoms with E-state index in [1.54, 1.807) is 24.8 Å². The zero-order valence-electron chi connectivity index (χ0n) is 20.3. The molecule has 0 saturated heterocycles. The highest BCUT2D eigenvalue weighted by atomic mass is 32.1. The lowest BCUT2D eigenvalue weighted by Gasteiger charge is -2.24. The molecule has 2 aliphatic carbocycles. The van der Waals surface area contributed by atoms with Crippen LogP contribution >= 0.6 is 11.3 Å². The van der Waals surface area contributed by atoms with E-state index >= 15 is 0 Å². The van der Waals surface area contributed by atoms with Crippen LogP contribution in [-0.4, -0.2) is 36.4 Å². The Morgan fingerprint density at radius 3 is 2.69 bits per heavy atom. The van der Waals surface area contributed by atoms with Gasteiger partial charge in [0.25, 0.3) is 0 Å². The zero-order chi connectivity index (χ0) is 23.8. The summed E-state index contributed by atoms with van der Waals surface area (Å²) in [5, 5.41) is 11.7. The van der Waals surface area contributed by atoms with Gasteiger partial charge in [0.15, 0.2) is 5.13 Å². The van der Waals surface area contributed by atoms with E-state index in [-0.39, 0.29) is 0 Å². The van der Waals surface area contributed by atoms with Gasteiger partial charge in [0, 0.05) is 17.1 Å². The summed E-state index contributed by atoms with van der Waals surface area (Å²) in [6, 6.07) is 4.48. The maximum Gasteiger partial charge on any atom is 0.238 e. The fraction of sp³-hybridized carbons (Fsp3) is 0.462. The van der Waals surface area contributed by atoms with Crippen molar-refractivity contribution in [3.05, 3.63) is 47.0 Å². The molecule has 4 heterocycles. The molecule has 9 heteroatoms. The Morgan fingerprint density at radius 1 is 1.03 bits per heavy atom. The molecule has 0 bridgehead atoms. The van der Waals surface area contributed by atoms with Gasteiger partial charge in [-0.3, -0.25) is 0 Å². The SMILES string of the molecule is COc1nc(-c2csc(Nc3c4c(nn3C3CCCCC3)CCCC4)n2)ccc1-n1cnc(C)c1. The van der Waals surface area contributed by atoms with Gasteiger partial charge in [0.05, 0.1) is 36.6 Å². The first-order valence-electron chi connectivity index (χ1n) is 12.6. The van der Waals surface area contributed by atoms with Gasteiger partial charge in [-0.2, -0.15) is 5.10 Å². The summed E-state index contributed by atoms with van der Waals surface area (Å²) in [5.74, 6) is 1.70. The van der Waals surface area contributed by atoms with Crippen LogP contribution in [0.15, 0.2) is 30.0 Å². The molecule has 0 spiro atoms. The van der Waals surface area contributed by atoms with Crippen molar-refractivity contribution >= 4 is 22.3 Å². The number of rotatable bonds is 6. The number of anilines is 2. The van der Waals surface area contributed by atoms with E-state index in [0.29, 0.717) is 11.9 Å². The molecule has 1 fully saturated rings. The van der Waals surface area contributed by atoms with Gasteiger partial charge in [0.1, 0.15) is 17.2 Å². The first kappa shape index (κ1) is 22.3. The van der Waals surface area contributed by atoms with Crippen molar-refractivity contribution in [2.24, 2.45) is 0 Å². The summed E-state index contributed by atoms with van der Waals surface area (Å²) in [6.07, 6.45) is 14.7. The Bertz CT molecular complexity index is 1330. The van der Waals surface area contributed by atoms with E-state index in [1.165, 1.54) is 56.2 Å². The van der Waals surface area contributed by atoms with Gasteiger partial charge in [-0.15, -0.1) is 11.3 Å². The van der Waals surface area contributed by atoms with Crippen molar-refractivity contribution in [1.29, 1.82) is 0 Å². The Hall–Kier alpha value is -3.20. The highest BCUT2D eigenvalue weighted by Crippen LogP contribution is 2.38. The highest BCUT2D eigenvalue weighted by molar-refractivity contribution is 7.14. The number of nitrogens with one attached hydrogen (secondary N) is 1. The van der Waals surface area contributed by atoms with E-state index in [9.17, 15) is 0 Å². The number of hydrogen-bond donors (Lipinski definition) is 1. The number of imidazole rings is 1. The number of methoxy groups -OCH3 is 1. The topological polar surface area (TPSA) is 82.7 Å². The van der Waals surface area contributed by atoms with Crippen molar-refractivity contribution < 1.29 is 4.74 Å². The summed E-state index contributed by atoms with van der Waals surface area (Å²) in [4.78, 5) is 14.0. The minimum Gasteiger partial charge on any atom is -0.479 e. The average molecular weight is 490 g/mol. The Labute approximate surface area is 209 Å². The molecule has 1 N–H and O–H groups in total. The molecule has 2 aliphatic rings. The van der Waals surface area contributed by atoms with E-state index in [4.69, 9.17) is 19.8 Å². The van der Waals surface area contributed by atoms with Crippen LogP contribution in [0.4, 0.5) is 10.9 Å². The lowest BCUT2D eigenvalue weighted by molar-refractivity contribution is 0.331. The third kappa shape index (κ3) is 4.33. The van der Waals surface area contributed by atoms with Gasteiger partial charge >= 0.3 is 0 Å². The van der Waals surface area contributed by atoms with Gasteiger partial charge in [-0.05, 0) is 57.6 Å². The number of aromatic nitrogens is 6. The fourth-order valence-electron chi connectivity index (χ4n) is 5.32. The molecular weight excluding hydrogens is 458 g/mol. The standard InChI is InChI=1S/C26H31N7OS/c1-17-14-32(16-27-17)23-13-12-21(28-25(23)34-2)22-15-35-26(29-22)30-24-19-10-6-7-11-20(19)31-33(24)18-8-4-3-5-9-18/h12-16,18H,3-11H2,1-2H3,(H,29,30). The number of nitrogens with zero attached hydrogens (tertiary/aromatic N) is 6. The van der Waals surface area contributed by atoms with Crippen LogP contribution in [-0.2, 0) is 12.8 Å². The third-order valence-electron chi connectivity index (χ3n) is 7.12. The van der Waals surface area contributed by atoms with Crippen molar-refractivity contribution in [3.8, 4) is 23.0 Å². The number of hydrogen-bond acceptors (Lipinski definition) is 7. The normalized spacial score (nSPS) is 16.3. The molecule has 0 unspecified atom stereocenters. The Kier molecular flexibility index (Phi) is 6.01. The number of thiazole rings is 1. The predicted molar refractivity (Wildman–Crippen MR) is 138 cm³/mol. The largest absolute Gasteiger partial charge is 0.479 e. The molecule has 4 aromatic heterocycles. The number of fused-ring (bicyclic) bond motifs is 1. The summed E-state index contributed by atoms with van der Waals surface area (Å²) in [6.45, 7) is 1.96. The molecule has 0 aromatic carbocycles. The molecule has 35 heavy (non-hydrogen) atoms. The minimum absolute atomic E-state index is 0.488. The summed E-state index contributed by atoms with van der Waals surface area (Å²) in [7, 11) is 1.64. The minimum atomic E-state index is 0.488. The first-order valence-corrected chi connectivity index (χ1v) is 13.5. The van der Waals surface area contributed by atoms with Crippen molar-refractivity contribution in [1.82, 2.24) is 29.3 Å². The molecule has 8 nitrogen and oxygen atoms in total. The van der Waals surface area contributed by atoms with Crippen molar-refractivity contribution in [2.75, 3.05) is 12.4 Å². The fourth-order valence-corrected chi connectivity index (χ4v) is 6.02. The maximum atomic E-state index is 5.60. The molecular formula is C26H31N7OS. The second-order valence-electron chi connectivity index (χ2n) is 9.53. The summed E-state index contributed by atoms with van der Waals surface area (Å²) in [5.41, 5.74) is 6.09. The van der Waals surface area contributed by atoms with Crippen LogP contribution in [0.3, 0.4) is 0 Å². The molecule has 4 aromatic rings. The molecule has 1 saturated carbocycles. The molecule has 6 rings (SSSR count). The molecule has 0 amide bonds. The van der Waals surface area contributed by atoms with E-state index in [0.717, 1.165) is 46.6 Å². The van der Waals surface area contributed by atoms with Crippen LogP contribution in [0.1, 0.15) is 67.9 Å². The second kappa shape index (κ2) is 9.45. The van der Waals surface area contributed by atoms with Gasteiger partial charge in [0.2, 0.25) is 5.88 Å². The first-order chi connectivity index (χ1) is 17.2. The van der Waals surface area contributed by atoms with Crippen LogP contribution < -0.4 is 10.1 Å². The van der Waals surface area contributed by atoms with Crippen LogP contribution in [0, 0.1) is 6.92 Å². The average Bonchev–Trinajstić information content (AvgIpc) is 3.64. The van der Waals surface area contributed by atoms with E-state index in [1.807, 2.05) is 29.8 Å². The lowest BCUT2D eigenvalue weighted by Crippen LogP contribution is -2.16. The highest BCUT2D eigenvalue weighted by Gasteiger charge is 2.26. The van der Waals surface area contributed by atoms with E-state index < -0.39 is 0 Å². The van der Waals surface area contributed by atoms with Crippen LogP contribution in [0.25, 0.3) is 17.1 Å². The quantitative estimate of drug-likeness (QED) is 0.356. The van der Waals surface area contributed by atoms with Crippen molar-refractivity contribution in [3.63, 3.8) is 0 Å². The molecule has 0 aliphatic heterocycles. The molecule has 0 atom stereocenters. The molecule has 182 valence electrons. The lowest BCUT2D eigenvalue weighted by atomic mass is 9.95. The third-order valence-corrected chi connectivity index (χ3v) is 7.88. The van der Waals surface area contributed by atoms with Crippen molar-refractivity contribution in [2.45, 2.75) is 70.8 Å². The summed E-state index contributed by atoms with van der Waals surface area (Å²) < 4.78 is 9.81.